The van der Waals surface area contributed by atoms with Gasteiger partial charge in [0.05, 0.1) is 31.9 Å². The molecule has 8 heteroatoms. The molecular formula is C24H28N2O6. The minimum Gasteiger partial charge on any atom is -0.497 e. The number of carbonyl (C=O) groups excluding carboxylic acids is 1. The SMILES string of the molecule is COC(=O)CCCCCOc1ccc2nc(-c3ccc(OC)cc3)n(C(C)C(=O)O)c2c1. The van der Waals surface area contributed by atoms with Crippen LogP contribution in [0, 0.1) is 0 Å². The molecule has 0 radical (unpaired) electrons. The van der Waals surface area contributed by atoms with Crippen LogP contribution in [-0.2, 0) is 14.3 Å². The van der Waals surface area contributed by atoms with Gasteiger partial charge in [0.25, 0.3) is 0 Å². The molecule has 1 heterocycles. The Morgan fingerprint density at radius 3 is 2.41 bits per heavy atom. The number of rotatable bonds is 11. The number of ether oxygens (including phenoxy) is 3. The van der Waals surface area contributed by atoms with Crippen LogP contribution in [0.15, 0.2) is 42.5 Å². The first kappa shape index (κ1) is 23.1. The molecule has 0 aliphatic carbocycles. The molecular weight excluding hydrogens is 412 g/mol. The number of aliphatic carboxylic acids is 1. The number of aromatic nitrogens is 2. The van der Waals surface area contributed by atoms with E-state index in [-0.39, 0.29) is 5.97 Å². The molecule has 0 fully saturated rings. The molecule has 1 atom stereocenters. The normalized spacial score (nSPS) is 11.8. The number of nitrogens with zero attached hydrogens (tertiary/aromatic N) is 2. The summed E-state index contributed by atoms with van der Waals surface area (Å²) in [6.45, 7) is 2.13. The Morgan fingerprint density at radius 2 is 1.75 bits per heavy atom. The molecule has 0 aliphatic heterocycles. The Kier molecular flexibility index (Phi) is 7.70. The summed E-state index contributed by atoms with van der Waals surface area (Å²) in [5.41, 5.74) is 2.17. The fourth-order valence-electron chi connectivity index (χ4n) is 3.45. The van der Waals surface area contributed by atoms with Gasteiger partial charge in [-0.3, -0.25) is 4.79 Å². The zero-order valence-corrected chi connectivity index (χ0v) is 18.5. The maximum Gasteiger partial charge on any atom is 0.326 e. The Morgan fingerprint density at radius 1 is 1.03 bits per heavy atom. The highest BCUT2D eigenvalue weighted by molar-refractivity contribution is 5.85. The molecule has 8 nitrogen and oxygen atoms in total. The van der Waals surface area contributed by atoms with Crippen molar-refractivity contribution in [1.29, 1.82) is 0 Å². The third-order valence-electron chi connectivity index (χ3n) is 5.28. The zero-order valence-electron chi connectivity index (χ0n) is 18.5. The van der Waals surface area contributed by atoms with Crippen molar-refractivity contribution in [2.45, 2.75) is 38.6 Å². The number of fused-ring (bicyclic) bond motifs is 1. The molecule has 0 saturated carbocycles. The van der Waals surface area contributed by atoms with E-state index >= 15 is 0 Å². The second kappa shape index (κ2) is 10.7. The minimum absolute atomic E-state index is 0.204. The van der Waals surface area contributed by atoms with E-state index in [2.05, 4.69) is 9.72 Å². The van der Waals surface area contributed by atoms with E-state index in [0.717, 1.165) is 24.8 Å². The molecule has 0 aliphatic rings. The maximum atomic E-state index is 11.8. The Bertz CT molecular complexity index is 1070. The van der Waals surface area contributed by atoms with Crippen molar-refractivity contribution in [2.75, 3.05) is 20.8 Å². The van der Waals surface area contributed by atoms with Crippen molar-refractivity contribution in [3.05, 3.63) is 42.5 Å². The lowest BCUT2D eigenvalue weighted by atomic mass is 10.2. The third-order valence-corrected chi connectivity index (χ3v) is 5.28. The summed E-state index contributed by atoms with van der Waals surface area (Å²) in [5.74, 6) is 0.772. The predicted molar refractivity (Wildman–Crippen MR) is 120 cm³/mol. The van der Waals surface area contributed by atoms with Crippen molar-refractivity contribution >= 4 is 23.0 Å². The summed E-state index contributed by atoms with van der Waals surface area (Å²) in [7, 11) is 2.98. The van der Waals surface area contributed by atoms with Gasteiger partial charge in [0.15, 0.2) is 0 Å². The number of unbranched alkanes of at least 4 members (excludes halogenated alkanes) is 2. The van der Waals surface area contributed by atoms with Crippen LogP contribution in [0.25, 0.3) is 22.4 Å². The molecule has 0 bridgehead atoms. The number of esters is 1. The van der Waals surface area contributed by atoms with Gasteiger partial charge in [-0.1, -0.05) is 0 Å². The Labute approximate surface area is 186 Å². The molecule has 2 aromatic carbocycles. The monoisotopic (exact) mass is 440 g/mol. The molecule has 1 unspecified atom stereocenters. The van der Waals surface area contributed by atoms with Gasteiger partial charge in [-0.2, -0.15) is 0 Å². The molecule has 1 N–H and O–H groups in total. The van der Waals surface area contributed by atoms with Crippen LogP contribution in [-0.4, -0.2) is 47.4 Å². The average molecular weight is 440 g/mol. The van der Waals surface area contributed by atoms with Gasteiger partial charge < -0.3 is 23.9 Å². The number of carbonyl (C=O) groups is 2. The number of methoxy groups -OCH3 is 2. The van der Waals surface area contributed by atoms with Crippen LogP contribution in [0.1, 0.15) is 38.6 Å². The fourth-order valence-corrected chi connectivity index (χ4v) is 3.45. The topological polar surface area (TPSA) is 99.9 Å². The summed E-state index contributed by atoms with van der Waals surface area (Å²) < 4.78 is 17.4. The standard InChI is InChI=1S/C24H28N2O6/c1-16(24(28)29)26-21-15-19(32-14-6-4-5-7-22(27)31-3)12-13-20(21)25-23(26)17-8-10-18(30-2)11-9-17/h8-13,15-16H,4-7,14H2,1-3H3,(H,28,29). The van der Waals surface area contributed by atoms with Crippen LogP contribution < -0.4 is 9.47 Å². The summed E-state index contributed by atoms with van der Waals surface area (Å²) in [4.78, 5) is 27.7. The second-order valence-electron chi connectivity index (χ2n) is 7.43. The highest BCUT2D eigenvalue weighted by Crippen LogP contribution is 2.31. The van der Waals surface area contributed by atoms with Gasteiger partial charge in [0, 0.05) is 18.1 Å². The molecule has 3 rings (SSSR count). The summed E-state index contributed by atoms with van der Waals surface area (Å²) in [6.07, 6.45) is 2.82. The van der Waals surface area contributed by atoms with Crippen LogP contribution in [0.5, 0.6) is 11.5 Å². The molecule has 0 saturated heterocycles. The number of carboxylic acid groups (broad SMARTS) is 1. The van der Waals surface area contributed by atoms with Crippen LogP contribution in [0.3, 0.4) is 0 Å². The van der Waals surface area contributed by atoms with E-state index < -0.39 is 12.0 Å². The Balaban J connectivity index is 1.81. The number of hydrogen-bond acceptors (Lipinski definition) is 6. The minimum atomic E-state index is -0.948. The lowest BCUT2D eigenvalue weighted by Gasteiger charge is -2.14. The van der Waals surface area contributed by atoms with Gasteiger partial charge >= 0.3 is 11.9 Å². The summed E-state index contributed by atoms with van der Waals surface area (Å²) >= 11 is 0. The first-order chi connectivity index (χ1) is 15.4. The lowest BCUT2D eigenvalue weighted by molar-refractivity contribution is -0.141. The first-order valence-corrected chi connectivity index (χ1v) is 10.5. The first-order valence-electron chi connectivity index (χ1n) is 10.5. The van der Waals surface area contributed by atoms with Gasteiger partial charge in [-0.15, -0.1) is 0 Å². The van der Waals surface area contributed by atoms with E-state index in [9.17, 15) is 14.7 Å². The Hall–Kier alpha value is -3.55. The quantitative estimate of drug-likeness (QED) is 0.347. The van der Waals surface area contributed by atoms with Crippen molar-refractivity contribution < 1.29 is 28.9 Å². The number of hydrogen-bond donors (Lipinski definition) is 1. The highest BCUT2D eigenvalue weighted by Gasteiger charge is 2.22. The maximum absolute atomic E-state index is 11.8. The van der Waals surface area contributed by atoms with Crippen molar-refractivity contribution in [1.82, 2.24) is 9.55 Å². The van der Waals surface area contributed by atoms with E-state index in [1.54, 1.807) is 18.6 Å². The second-order valence-corrected chi connectivity index (χ2v) is 7.43. The molecule has 3 aromatic rings. The zero-order chi connectivity index (χ0) is 23.1. The smallest absolute Gasteiger partial charge is 0.326 e. The van der Waals surface area contributed by atoms with Crippen molar-refractivity contribution in [3.8, 4) is 22.9 Å². The van der Waals surface area contributed by atoms with E-state index in [1.165, 1.54) is 7.11 Å². The predicted octanol–water partition coefficient (Wildman–Crippen LogP) is 4.47. The van der Waals surface area contributed by atoms with Crippen molar-refractivity contribution in [2.24, 2.45) is 0 Å². The molecule has 170 valence electrons. The van der Waals surface area contributed by atoms with Gasteiger partial charge in [-0.25, -0.2) is 9.78 Å². The van der Waals surface area contributed by atoms with Crippen LogP contribution >= 0.6 is 0 Å². The van der Waals surface area contributed by atoms with Crippen LogP contribution in [0.4, 0.5) is 0 Å². The van der Waals surface area contributed by atoms with E-state index in [1.807, 2.05) is 42.5 Å². The number of carboxylic acids is 1. The van der Waals surface area contributed by atoms with Crippen molar-refractivity contribution in [3.63, 3.8) is 0 Å². The third kappa shape index (κ3) is 5.38. The van der Waals surface area contributed by atoms with E-state index in [0.29, 0.717) is 41.4 Å². The van der Waals surface area contributed by atoms with Gasteiger partial charge in [0.2, 0.25) is 0 Å². The highest BCUT2D eigenvalue weighted by atomic mass is 16.5. The lowest BCUT2D eigenvalue weighted by Crippen LogP contribution is -2.16. The summed E-state index contributed by atoms with van der Waals surface area (Å²) in [6, 6.07) is 12.0. The molecule has 0 amide bonds. The van der Waals surface area contributed by atoms with E-state index in [4.69, 9.17) is 9.47 Å². The largest absolute Gasteiger partial charge is 0.497 e. The van der Waals surface area contributed by atoms with Gasteiger partial charge in [-0.05, 0) is 62.6 Å². The molecule has 1 aromatic heterocycles. The number of benzene rings is 2. The number of imidazole rings is 1. The fraction of sp³-hybridized carbons (Fsp3) is 0.375. The molecule has 32 heavy (non-hydrogen) atoms. The van der Waals surface area contributed by atoms with Gasteiger partial charge in [0.1, 0.15) is 23.4 Å². The average Bonchev–Trinajstić information content (AvgIpc) is 3.19. The molecule has 0 spiro atoms. The summed E-state index contributed by atoms with van der Waals surface area (Å²) in [5, 5.41) is 9.68. The van der Waals surface area contributed by atoms with Crippen LogP contribution in [0.2, 0.25) is 0 Å².